The molecule has 0 spiro atoms. The predicted octanol–water partition coefficient (Wildman–Crippen LogP) is 4.23. The molecule has 5 rings (SSSR count). The van der Waals surface area contributed by atoms with Gasteiger partial charge in [-0.2, -0.15) is 0 Å². The molecule has 2 aliphatic heterocycles. The van der Waals surface area contributed by atoms with Crippen molar-refractivity contribution in [2.75, 3.05) is 28.6 Å². The molecular formula is C24H29N5O2S. The van der Waals surface area contributed by atoms with Gasteiger partial charge in [-0.05, 0) is 55.9 Å². The van der Waals surface area contributed by atoms with Gasteiger partial charge in [0.05, 0.1) is 18.6 Å². The van der Waals surface area contributed by atoms with E-state index in [1.165, 1.54) is 17.3 Å². The van der Waals surface area contributed by atoms with E-state index in [1.807, 2.05) is 35.2 Å². The van der Waals surface area contributed by atoms with E-state index in [2.05, 4.69) is 39.6 Å². The summed E-state index contributed by atoms with van der Waals surface area (Å²) >= 11 is 1.46. The fourth-order valence-corrected chi connectivity index (χ4v) is 5.46. The Balaban J connectivity index is 1.34. The van der Waals surface area contributed by atoms with E-state index in [0.29, 0.717) is 12.3 Å². The van der Waals surface area contributed by atoms with E-state index in [-0.39, 0.29) is 11.9 Å². The second kappa shape index (κ2) is 9.02. The van der Waals surface area contributed by atoms with Crippen LogP contribution in [0.3, 0.4) is 0 Å². The standard InChI is InChI=1S/C24H29N5O2S/c1-17-9-11-27(12-10-17)23-25-26-24(28(23)15-20-7-5-13-31-20)32-16-22(30)29-18(2)14-19-6-3-4-8-21(19)29/h3-8,13,17-18H,9-12,14-16H2,1-2H3/t18-/m0/s1. The number of aromatic nitrogens is 3. The molecule has 4 heterocycles. The summed E-state index contributed by atoms with van der Waals surface area (Å²) in [5.41, 5.74) is 2.27. The highest BCUT2D eigenvalue weighted by molar-refractivity contribution is 7.99. The number of carbonyl (C=O) groups is 1. The van der Waals surface area contributed by atoms with Crippen LogP contribution in [0.25, 0.3) is 0 Å². The smallest absolute Gasteiger partial charge is 0.237 e. The Kier molecular flexibility index (Phi) is 5.95. The van der Waals surface area contributed by atoms with Gasteiger partial charge >= 0.3 is 0 Å². The van der Waals surface area contributed by atoms with Crippen LogP contribution in [0.4, 0.5) is 11.6 Å². The number of rotatable bonds is 6. The first-order chi connectivity index (χ1) is 15.6. The quantitative estimate of drug-likeness (QED) is 0.523. The summed E-state index contributed by atoms with van der Waals surface area (Å²) in [5.74, 6) is 2.89. The second-order valence-electron chi connectivity index (χ2n) is 8.85. The number of carbonyl (C=O) groups excluding carboxylic acids is 1. The van der Waals surface area contributed by atoms with Gasteiger partial charge in [-0.15, -0.1) is 10.2 Å². The molecule has 2 aromatic heterocycles. The highest BCUT2D eigenvalue weighted by atomic mass is 32.2. The Bertz CT molecular complexity index is 1070. The summed E-state index contributed by atoms with van der Waals surface area (Å²) in [7, 11) is 0. The fraction of sp³-hybridized carbons (Fsp3) is 0.458. The highest BCUT2D eigenvalue weighted by Gasteiger charge is 2.31. The van der Waals surface area contributed by atoms with Crippen LogP contribution in [-0.2, 0) is 17.8 Å². The first-order valence-electron chi connectivity index (χ1n) is 11.3. The van der Waals surface area contributed by atoms with Gasteiger partial charge in [0.15, 0.2) is 5.16 Å². The van der Waals surface area contributed by atoms with Gasteiger partial charge in [-0.1, -0.05) is 36.9 Å². The van der Waals surface area contributed by atoms with E-state index in [9.17, 15) is 4.79 Å². The van der Waals surface area contributed by atoms with E-state index in [0.717, 1.165) is 60.8 Å². The number of anilines is 2. The second-order valence-corrected chi connectivity index (χ2v) is 9.79. The van der Waals surface area contributed by atoms with Crippen molar-refractivity contribution in [3.63, 3.8) is 0 Å². The van der Waals surface area contributed by atoms with Crippen LogP contribution in [0.2, 0.25) is 0 Å². The minimum Gasteiger partial charge on any atom is -0.467 e. The van der Waals surface area contributed by atoms with Crippen LogP contribution in [0, 0.1) is 5.92 Å². The number of fused-ring (bicyclic) bond motifs is 1. The monoisotopic (exact) mass is 451 g/mol. The molecule has 3 aromatic rings. The van der Waals surface area contributed by atoms with Crippen LogP contribution < -0.4 is 9.80 Å². The first-order valence-corrected chi connectivity index (χ1v) is 12.3. The molecule has 32 heavy (non-hydrogen) atoms. The molecule has 0 bridgehead atoms. The van der Waals surface area contributed by atoms with E-state index in [4.69, 9.17) is 4.42 Å². The molecule has 0 radical (unpaired) electrons. The maximum absolute atomic E-state index is 13.2. The van der Waals surface area contributed by atoms with Crippen molar-refractivity contribution in [2.45, 2.75) is 50.9 Å². The molecule has 168 valence electrons. The number of piperidine rings is 1. The van der Waals surface area contributed by atoms with Crippen molar-refractivity contribution in [1.82, 2.24) is 14.8 Å². The summed E-state index contributed by atoms with van der Waals surface area (Å²) in [4.78, 5) is 17.4. The number of nitrogens with zero attached hydrogens (tertiary/aromatic N) is 5. The lowest BCUT2D eigenvalue weighted by molar-refractivity contribution is -0.116. The average molecular weight is 452 g/mol. The van der Waals surface area contributed by atoms with Crippen molar-refractivity contribution < 1.29 is 9.21 Å². The number of hydrogen-bond donors (Lipinski definition) is 0. The average Bonchev–Trinajstić information content (AvgIpc) is 3.52. The largest absolute Gasteiger partial charge is 0.467 e. The van der Waals surface area contributed by atoms with Crippen molar-refractivity contribution in [2.24, 2.45) is 5.92 Å². The van der Waals surface area contributed by atoms with Crippen molar-refractivity contribution in [3.8, 4) is 0 Å². The third-order valence-corrected chi connectivity index (χ3v) is 7.41. The van der Waals surface area contributed by atoms with Gasteiger partial charge < -0.3 is 14.2 Å². The van der Waals surface area contributed by atoms with Crippen LogP contribution >= 0.6 is 11.8 Å². The SMILES string of the molecule is CC1CCN(c2nnc(SCC(=O)N3c4ccccc4C[C@@H]3C)n2Cc2ccco2)CC1. The minimum absolute atomic E-state index is 0.105. The fourth-order valence-electron chi connectivity index (χ4n) is 4.67. The Morgan fingerprint density at radius 1 is 1.12 bits per heavy atom. The molecule has 0 saturated carbocycles. The molecule has 1 atom stereocenters. The molecule has 7 nitrogen and oxygen atoms in total. The molecule has 0 aliphatic carbocycles. The van der Waals surface area contributed by atoms with Gasteiger partial charge in [-0.3, -0.25) is 9.36 Å². The molecule has 1 aromatic carbocycles. The Morgan fingerprint density at radius 3 is 2.72 bits per heavy atom. The van der Waals surface area contributed by atoms with Crippen LogP contribution in [-0.4, -0.2) is 45.6 Å². The van der Waals surface area contributed by atoms with Crippen LogP contribution in [0.1, 0.15) is 38.0 Å². The summed E-state index contributed by atoms with van der Waals surface area (Å²) in [6, 6.07) is 12.2. The lowest BCUT2D eigenvalue weighted by Crippen LogP contribution is -2.37. The van der Waals surface area contributed by atoms with Crippen LogP contribution in [0.15, 0.2) is 52.2 Å². The number of hydrogen-bond acceptors (Lipinski definition) is 6. The summed E-state index contributed by atoms with van der Waals surface area (Å²) < 4.78 is 7.69. The molecule has 0 unspecified atom stereocenters. The molecular weight excluding hydrogens is 422 g/mol. The maximum atomic E-state index is 13.2. The number of benzene rings is 1. The number of amides is 1. The normalized spacial score (nSPS) is 18.9. The lowest BCUT2D eigenvalue weighted by atomic mass is 10.00. The van der Waals surface area contributed by atoms with E-state index in [1.54, 1.807) is 6.26 Å². The molecule has 1 saturated heterocycles. The van der Waals surface area contributed by atoms with Crippen molar-refractivity contribution >= 4 is 29.3 Å². The Morgan fingerprint density at radius 2 is 1.94 bits per heavy atom. The van der Waals surface area contributed by atoms with Gasteiger partial charge in [0.2, 0.25) is 11.9 Å². The van der Waals surface area contributed by atoms with Gasteiger partial charge in [-0.25, -0.2) is 0 Å². The van der Waals surface area contributed by atoms with Gasteiger partial charge in [0.25, 0.3) is 0 Å². The Hall–Kier alpha value is -2.74. The maximum Gasteiger partial charge on any atom is 0.237 e. The van der Waals surface area contributed by atoms with Gasteiger partial charge in [0.1, 0.15) is 5.76 Å². The first kappa shape index (κ1) is 21.1. The molecule has 1 amide bonds. The Labute approximate surface area is 192 Å². The number of para-hydroxylation sites is 1. The molecule has 0 N–H and O–H groups in total. The highest BCUT2D eigenvalue weighted by Crippen LogP contribution is 2.33. The van der Waals surface area contributed by atoms with E-state index < -0.39 is 0 Å². The van der Waals surface area contributed by atoms with Crippen molar-refractivity contribution in [3.05, 3.63) is 54.0 Å². The zero-order valence-electron chi connectivity index (χ0n) is 18.6. The number of furan rings is 1. The molecule has 2 aliphatic rings. The minimum atomic E-state index is 0.105. The van der Waals surface area contributed by atoms with E-state index >= 15 is 0 Å². The summed E-state index contributed by atoms with van der Waals surface area (Å²) in [6.07, 6.45) is 4.89. The van der Waals surface area contributed by atoms with Crippen molar-refractivity contribution in [1.29, 1.82) is 0 Å². The molecule has 1 fully saturated rings. The van der Waals surface area contributed by atoms with Crippen LogP contribution in [0.5, 0.6) is 0 Å². The zero-order valence-corrected chi connectivity index (χ0v) is 19.4. The number of thioether (sulfide) groups is 1. The summed E-state index contributed by atoms with van der Waals surface area (Å²) in [5, 5.41) is 9.75. The van der Waals surface area contributed by atoms with Gasteiger partial charge in [0, 0.05) is 24.8 Å². The molecule has 8 heteroatoms. The summed E-state index contributed by atoms with van der Waals surface area (Å²) in [6.45, 7) is 6.92. The third-order valence-electron chi connectivity index (χ3n) is 6.46. The predicted molar refractivity (Wildman–Crippen MR) is 126 cm³/mol. The topological polar surface area (TPSA) is 67.4 Å². The zero-order chi connectivity index (χ0) is 22.1. The third kappa shape index (κ3) is 4.16. The lowest BCUT2D eigenvalue weighted by Gasteiger charge is -2.31.